The predicted molar refractivity (Wildman–Crippen MR) is 84.1 cm³/mol. The van der Waals surface area contributed by atoms with Crippen molar-refractivity contribution in [3.63, 3.8) is 0 Å². The molecule has 1 N–H and O–H groups in total. The summed E-state index contributed by atoms with van der Waals surface area (Å²) in [6, 6.07) is 8.28. The molecule has 1 saturated heterocycles. The number of ether oxygens (including phenoxy) is 1. The molecule has 0 spiro atoms. The first-order valence-electron chi connectivity index (χ1n) is 7.14. The number of aliphatic hydroxyl groups is 1. The molecule has 0 aliphatic carbocycles. The number of rotatable bonds is 2. The van der Waals surface area contributed by atoms with E-state index in [1.165, 1.54) is 10.1 Å². The van der Waals surface area contributed by atoms with Gasteiger partial charge in [-0.2, -0.15) is 0 Å². The molecule has 0 amide bonds. The topological polar surface area (TPSA) is 29.5 Å². The van der Waals surface area contributed by atoms with Crippen LogP contribution in [0, 0.1) is 5.92 Å². The molecule has 0 radical (unpaired) electrons. The van der Waals surface area contributed by atoms with Gasteiger partial charge in [0.15, 0.2) is 0 Å². The quantitative estimate of drug-likeness (QED) is 0.880. The normalized spacial score (nSPS) is 25.9. The molecule has 0 bridgehead atoms. The summed E-state index contributed by atoms with van der Waals surface area (Å²) in [5.74, 6) is 0.121. The van der Waals surface area contributed by atoms with E-state index in [0.29, 0.717) is 0 Å². The maximum Gasteiger partial charge on any atom is 0.0860 e. The van der Waals surface area contributed by atoms with Crippen molar-refractivity contribution < 1.29 is 9.84 Å². The largest absolute Gasteiger partial charge is 0.388 e. The lowest BCUT2D eigenvalue weighted by Crippen LogP contribution is -2.32. The van der Waals surface area contributed by atoms with Gasteiger partial charge in [-0.15, -0.1) is 11.3 Å². The smallest absolute Gasteiger partial charge is 0.0860 e. The van der Waals surface area contributed by atoms with Crippen molar-refractivity contribution in [2.24, 2.45) is 5.92 Å². The third kappa shape index (κ3) is 2.28. The Kier molecular flexibility index (Phi) is 3.20. The molecular formula is C17H22O2S. The van der Waals surface area contributed by atoms with E-state index in [9.17, 15) is 5.11 Å². The Morgan fingerprint density at radius 2 is 1.95 bits per heavy atom. The van der Waals surface area contributed by atoms with Gasteiger partial charge in [0.25, 0.3) is 0 Å². The summed E-state index contributed by atoms with van der Waals surface area (Å²) in [4.78, 5) is 0. The first kappa shape index (κ1) is 14.1. The molecule has 108 valence electrons. The zero-order valence-electron chi connectivity index (χ0n) is 12.5. The van der Waals surface area contributed by atoms with Crippen molar-refractivity contribution in [2.75, 3.05) is 0 Å². The fourth-order valence-electron chi connectivity index (χ4n) is 3.54. The first-order valence-corrected chi connectivity index (χ1v) is 8.02. The van der Waals surface area contributed by atoms with Gasteiger partial charge in [-0.1, -0.05) is 18.2 Å². The van der Waals surface area contributed by atoms with Gasteiger partial charge in [0.2, 0.25) is 0 Å². The van der Waals surface area contributed by atoms with Crippen LogP contribution < -0.4 is 0 Å². The molecule has 0 saturated carbocycles. The molecule has 3 rings (SSSR count). The van der Waals surface area contributed by atoms with Crippen LogP contribution in [-0.4, -0.2) is 16.3 Å². The fourth-order valence-corrected chi connectivity index (χ4v) is 4.53. The monoisotopic (exact) mass is 290 g/mol. The van der Waals surface area contributed by atoms with Crippen LogP contribution in [0.5, 0.6) is 0 Å². The summed E-state index contributed by atoms with van der Waals surface area (Å²) >= 11 is 1.70. The van der Waals surface area contributed by atoms with E-state index < -0.39 is 6.10 Å². The molecule has 3 heteroatoms. The molecule has 2 aromatic rings. The van der Waals surface area contributed by atoms with Gasteiger partial charge in [0.05, 0.1) is 17.3 Å². The van der Waals surface area contributed by atoms with Crippen LogP contribution in [-0.2, 0) is 4.74 Å². The molecule has 1 fully saturated rings. The van der Waals surface area contributed by atoms with Crippen molar-refractivity contribution in [1.82, 2.24) is 0 Å². The van der Waals surface area contributed by atoms with Crippen LogP contribution in [0.3, 0.4) is 0 Å². The Labute approximate surface area is 124 Å². The average Bonchev–Trinajstić information content (AvgIpc) is 2.86. The second kappa shape index (κ2) is 4.55. The highest BCUT2D eigenvalue weighted by atomic mass is 32.1. The standard InChI is InChI=1S/C17H22O2S/c1-16(2)9-13(17(3,4)19-16)15(18)12-10-20-14-8-6-5-7-11(12)14/h5-8,10,13,15,18H,9H2,1-4H3. The van der Waals surface area contributed by atoms with E-state index in [0.717, 1.165) is 12.0 Å². The maximum absolute atomic E-state index is 10.9. The minimum atomic E-state index is -0.470. The van der Waals surface area contributed by atoms with Gasteiger partial charge in [0.1, 0.15) is 0 Å². The van der Waals surface area contributed by atoms with Crippen molar-refractivity contribution >= 4 is 21.4 Å². The maximum atomic E-state index is 10.9. The van der Waals surface area contributed by atoms with Crippen molar-refractivity contribution in [3.8, 4) is 0 Å². The molecule has 2 heterocycles. The molecule has 20 heavy (non-hydrogen) atoms. The van der Waals surface area contributed by atoms with Gasteiger partial charge < -0.3 is 9.84 Å². The zero-order valence-corrected chi connectivity index (χ0v) is 13.3. The van der Waals surface area contributed by atoms with Crippen LogP contribution in [0.1, 0.15) is 45.8 Å². The number of hydrogen-bond acceptors (Lipinski definition) is 3. The van der Waals surface area contributed by atoms with Crippen molar-refractivity contribution in [2.45, 2.75) is 51.4 Å². The van der Waals surface area contributed by atoms with E-state index in [4.69, 9.17) is 4.74 Å². The predicted octanol–water partition coefficient (Wildman–Crippen LogP) is 4.53. The minimum absolute atomic E-state index is 0.121. The molecule has 1 aromatic carbocycles. The number of hydrogen-bond donors (Lipinski definition) is 1. The third-order valence-electron chi connectivity index (χ3n) is 4.35. The highest BCUT2D eigenvalue weighted by molar-refractivity contribution is 7.17. The van der Waals surface area contributed by atoms with Gasteiger partial charge in [-0.25, -0.2) is 0 Å². The lowest BCUT2D eigenvalue weighted by molar-refractivity contribution is -0.0878. The summed E-state index contributed by atoms with van der Waals surface area (Å²) in [5.41, 5.74) is 0.581. The van der Waals surface area contributed by atoms with E-state index in [1.807, 2.05) is 12.1 Å². The average molecular weight is 290 g/mol. The SMILES string of the molecule is CC1(C)CC(C(O)c2csc3ccccc23)C(C)(C)O1. The molecule has 2 atom stereocenters. The summed E-state index contributed by atoms with van der Waals surface area (Å²) in [6.07, 6.45) is 0.411. The van der Waals surface area contributed by atoms with Crippen LogP contribution in [0.25, 0.3) is 10.1 Å². The summed E-state index contributed by atoms with van der Waals surface area (Å²) < 4.78 is 7.36. The first-order chi connectivity index (χ1) is 9.30. The summed E-state index contributed by atoms with van der Waals surface area (Å²) in [6.45, 7) is 8.38. The van der Waals surface area contributed by atoms with Crippen LogP contribution >= 0.6 is 11.3 Å². The zero-order chi connectivity index (χ0) is 14.5. The van der Waals surface area contributed by atoms with E-state index >= 15 is 0 Å². The van der Waals surface area contributed by atoms with Crippen LogP contribution in [0.2, 0.25) is 0 Å². The Morgan fingerprint density at radius 3 is 2.60 bits per heavy atom. The van der Waals surface area contributed by atoms with Crippen LogP contribution in [0.4, 0.5) is 0 Å². The lowest BCUT2D eigenvalue weighted by atomic mass is 9.80. The minimum Gasteiger partial charge on any atom is -0.388 e. The second-order valence-corrected chi connectivity index (χ2v) is 7.82. The number of thiophene rings is 1. The summed E-state index contributed by atoms with van der Waals surface area (Å²) in [7, 11) is 0. The molecule has 1 aromatic heterocycles. The number of fused-ring (bicyclic) bond motifs is 1. The van der Waals surface area contributed by atoms with Gasteiger partial charge in [0, 0.05) is 10.6 Å². The highest BCUT2D eigenvalue weighted by Crippen LogP contribution is 2.49. The Hall–Kier alpha value is -0.900. The fraction of sp³-hybridized carbons (Fsp3) is 0.529. The third-order valence-corrected chi connectivity index (χ3v) is 5.34. The molecule has 2 unspecified atom stereocenters. The van der Waals surface area contributed by atoms with Gasteiger partial charge >= 0.3 is 0 Å². The Morgan fingerprint density at radius 1 is 1.25 bits per heavy atom. The summed E-state index contributed by atoms with van der Waals surface area (Å²) in [5, 5.41) is 14.2. The Balaban J connectivity index is 1.98. The second-order valence-electron chi connectivity index (χ2n) is 6.91. The van der Waals surface area contributed by atoms with E-state index in [1.54, 1.807) is 11.3 Å². The van der Waals surface area contributed by atoms with Gasteiger partial charge in [-0.05, 0) is 56.5 Å². The van der Waals surface area contributed by atoms with E-state index in [2.05, 4.69) is 45.2 Å². The van der Waals surface area contributed by atoms with Crippen molar-refractivity contribution in [1.29, 1.82) is 0 Å². The molecular weight excluding hydrogens is 268 g/mol. The molecule has 1 aliphatic heterocycles. The highest BCUT2D eigenvalue weighted by Gasteiger charge is 2.49. The van der Waals surface area contributed by atoms with E-state index in [-0.39, 0.29) is 17.1 Å². The number of aliphatic hydroxyl groups excluding tert-OH is 1. The Bertz CT molecular complexity index is 627. The van der Waals surface area contributed by atoms with Gasteiger partial charge in [-0.3, -0.25) is 0 Å². The van der Waals surface area contributed by atoms with Crippen LogP contribution in [0.15, 0.2) is 29.6 Å². The molecule has 2 nitrogen and oxygen atoms in total. The van der Waals surface area contributed by atoms with Crippen molar-refractivity contribution in [3.05, 3.63) is 35.2 Å². The molecule has 1 aliphatic rings. The lowest BCUT2D eigenvalue weighted by Gasteiger charge is -2.30. The number of benzene rings is 1.